The smallest absolute Gasteiger partial charge is 0.306 e. The first-order chi connectivity index (χ1) is 8.74. The number of hydrogen-bond acceptors (Lipinski definition) is 3. The van der Waals surface area contributed by atoms with Gasteiger partial charge < -0.3 is 22.5 Å². The Hall–Kier alpha value is -0.280. The number of esters is 1. The van der Waals surface area contributed by atoms with Gasteiger partial charge in [0.15, 0.2) is 0 Å². The maximum absolute atomic E-state index is 11.9. The molecule has 0 aromatic rings. The van der Waals surface area contributed by atoms with Crippen LogP contribution in [0.1, 0.15) is 79.6 Å². The van der Waals surface area contributed by atoms with Crippen LogP contribution in [0.5, 0.6) is 0 Å². The Morgan fingerprint density at radius 1 is 1.10 bits per heavy atom. The van der Waals surface area contributed by atoms with E-state index in [4.69, 9.17) is 4.74 Å². The monoisotopic (exact) mass is 304 g/mol. The minimum atomic E-state index is -0.0189. The van der Waals surface area contributed by atoms with Crippen LogP contribution in [-0.2, 0) is 9.53 Å². The fraction of sp³-hybridized carbons (Fsp3) is 0.938. The molecule has 1 heterocycles. The minimum absolute atomic E-state index is 0. The molecule has 120 valence electrons. The molecule has 1 saturated heterocycles. The number of hydrogen-bond donors (Lipinski definition) is 1. The molecule has 0 spiro atoms. The van der Waals surface area contributed by atoms with Gasteiger partial charge in [0.25, 0.3) is 0 Å². The van der Waals surface area contributed by atoms with Crippen molar-refractivity contribution in [1.82, 2.24) is 5.32 Å². The number of carbonyl (C=O) groups excluding carboxylic acids is 1. The zero-order valence-electron chi connectivity index (χ0n) is 13.7. The number of ether oxygens (including phenoxy) is 1. The van der Waals surface area contributed by atoms with Crippen molar-refractivity contribution in [3.8, 4) is 0 Å². The number of halogens is 1. The van der Waals surface area contributed by atoms with Crippen LogP contribution < -0.4 is 17.7 Å². The number of piperidine rings is 1. The molecule has 3 nitrogen and oxygen atoms in total. The average Bonchev–Trinajstić information content (AvgIpc) is 2.19. The molecule has 1 aliphatic heterocycles. The van der Waals surface area contributed by atoms with E-state index in [1.807, 2.05) is 0 Å². The molecule has 0 amide bonds. The Balaban J connectivity index is 0.00000361. The van der Waals surface area contributed by atoms with Crippen molar-refractivity contribution < 1.29 is 21.9 Å². The molecule has 0 atom stereocenters. The molecule has 20 heavy (non-hydrogen) atoms. The highest BCUT2D eigenvalue weighted by molar-refractivity contribution is 5.69. The molecule has 0 radical (unpaired) electrons. The van der Waals surface area contributed by atoms with Crippen molar-refractivity contribution in [3.63, 3.8) is 0 Å². The van der Waals surface area contributed by atoms with Crippen LogP contribution in [0.4, 0.5) is 0 Å². The fourth-order valence-corrected chi connectivity index (χ4v) is 3.25. The molecule has 0 aromatic heterocycles. The number of unbranched alkanes of at least 4 members (excludes halogenated alkanes) is 3. The predicted octanol–water partition coefficient (Wildman–Crippen LogP) is 0.813. The standard InChI is InChI=1S/C16H31NO2.ClH/c1-6-7-8-9-10-14(18)19-13-11-15(2,3)17-16(4,5)12-13;/h13,17H,6-12H2,1-5H3;1H/p-1. The molecule has 1 rings (SSSR count). The zero-order valence-corrected chi connectivity index (χ0v) is 14.5. The quantitative estimate of drug-likeness (QED) is 0.583. The third kappa shape index (κ3) is 7.49. The van der Waals surface area contributed by atoms with Gasteiger partial charge in [-0.1, -0.05) is 26.2 Å². The van der Waals surface area contributed by atoms with E-state index in [2.05, 4.69) is 39.9 Å². The Morgan fingerprint density at radius 2 is 1.65 bits per heavy atom. The maximum atomic E-state index is 11.9. The van der Waals surface area contributed by atoms with Crippen molar-refractivity contribution in [1.29, 1.82) is 0 Å². The largest absolute Gasteiger partial charge is 1.00 e. The first kappa shape index (κ1) is 19.7. The summed E-state index contributed by atoms with van der Waals surface area (Å²) in [7, 11) is 0. The van der Waals surface area contributed by atoms with E-state index in [0.29, 0.717) is 6.42 Å². The van der Waals surface area contributed by atoms with Gasteiger partial charge in [0.1, 0.15) is 6.10 Å². The number of carbonyl (C=O) groups is 1. The summed E-state index contributed by atoms with van der Waals surface area (Å²) in [5, 5.41) is 3.60. The highest BCUT2D eigenvalue weighted by Crippen LogP contribution is 2.30. The molecule has 0 aliphatic carbocycles. The zero-order chi connectivity index (χ0) is 14.5. The SMILES string of the molecule is CCCCCCC(=O)OC1CC(C)(C)NC(C)(C)C1.[Cl-]. The van der Waals surface area contributed by atoms with Gasteiger partial charge in [-0.2, -0.15) is 0 Å². The first-order valence-corrected chi connectivity index (χ1v) is 7.73. The third-order valence-electron chi connectivity index (χ3n) is 3.69. The van der Waals surface area contributed by atoms with Gasteiger partial charge in [-0.15, -0.1) is 0 Å². The molecule has 0 bridgehead atoms. The van der Waals surface area contributed by atoms with Crippen LogP contribution in [-0.4, -0.2) is 23.2 Å². The third-order valence-corrected chi connectivity index (χ3v) is 3.69. The van der Waals surface area contributed by atoms with Crippen LogP contribution in [0.2, 0.25) is 0 Å². The summed E-state index contributed by atoms with van der Waals surface area (Å²) in [6.45, 7) is 10.9. The Kier molecular flexibility index (Phi) is 8.12. The van der Waals surface area contributed by atoms with Gasteiger partial charge in [-0.3, -0.25) is 4.79 Å². The van der Waals surface area contributed by atoms with Gasteiger partial charge >= 0.3 is 5.97 Å². The van der Waals surface area contributed by atoms with Gasteiger partial charge in [0.2, 0.25) is 0 Å². The molecule has 1 aliphatic rings. The molecule has 1 fully saturated rings. The molecule has 0 saturated carbocycles. The lowest BCUT2D eigenvalue weighted by atomic mass is 9.81. The van der Waals surface area contributed by atoms with E-state index < -0.39 is 0 Å². The summed E-state index contributed by atoms with van der Waals surface area (Å²) >= 11 is 0. The van der Waals surface area contributed by atoms with Gasteiger partial charge in [0.05, 0.1) is 0 Å². The second-order valence-electron chi connectivity index (χ2n) is 7.22. The molecular weight excluding hydrogens is 274 g/mol. The van der Waals surface area contributed by atoms with Crippen LogP contribution in [0.15, 0.2) is 0 Å². The van der Waals surface area contributed by atoms with Crippen molar-refractivity contribution in [2.75, 3.05) is 0 Å². The highest BCUT2D eigenvalue weighted by atomic mass is 35.5. The minimum Gasteiger partial charge on any atom is -1.00 e. The van der Waals surface area contributed by atoms with E-state index >= 15 is 0 Å². The maximum Gasteiger partial charge on any atom is 0.306 e. The summed E-state index contributed by atoms with van der Waals surface area (Å²) < 4.78 is 5.66. The second-order valence-corrected chi connectivity index (χ2v) is 7.22. The molecule has 1 N–H and O–H groups in total. The van der Waals surface area contributed by atoms with Crippen molar-refractivity contribution in [2.24, 2.45) is 0 Å². The highest BCUT2D eigenvalue weighted by Gasteiger charge is 2.39. The lowest BCUT2D eigenvalue weighted by Gasteiger charge is -2.45. The van der Waals surface area contributed by atoms with E-state index in [1.165, 1.54) is 12.8 Å². The predicted molar refractivity (Wildman–Crippen MR) is 79.2 cm³/mol. The van der Waals surface area contributed by atoms with Gasteiger partial charge in [0, 0.05) is 30.3 Å². The normalized spacial score (nSPS) is 21.1. The van der Waals surface area contributed by atoms with E-state index in [0.717, 1.165) is 25.7 Å². The average molecular weight is 305 g/mol. The lowest BCUT2D eigenvalue weighted by molar-refractivity contribution is -0.153. The van der Waals surface area contributed by atoms with Crippen LogP contribution in [0, 0.1) is 0 Å². The summed E-state index contributed by atoms with van der Waals surface area (Å²) in [5.74, 6) is -0.0189. The second kappa shape index (κ2) is 8.23. The van der Waals surface area contributed by atoms with Crippen LogP contribution in [0.3, 0.4) is 0 Å². The van der Waals surface area contributed by atoms with Gasteiger partial charge in [-0.05, 0) is 34.1 Å². The molecule has 0 unspecified atom stereocenters. The first-order valence-electron chi connectivity index (χ1n) is 7.73. The van der Waals surface area contributed by atoms with Crippen molar-refractivity contribution in [3.05, 3.63) is 0 Å². The summed E-state index contributed by atoms with van der Waals surface area (Å²) in [5.41, 5.74) is 0.0732. The fourth-order valence-electron chi connectivity index (χ4n) is 3.25. The Bertz CT molecular complexity index is 287. The Morgan fingerprint density at radius 3 is 2.15 bits per heavy atom. The van der Waals surface area contributed by atoms with Crippen LogP contribution in [0.25, 0.3) is 0 Å². The summed E-state index contributed by atoms with van der Waals surface area (Å²) in [6.07, 6.45) is 6.94. The topological polar surface area (TPSA) is 38.3 Å². The lowest BCUT2D eigenvalue weighted by Crippen LogP contribution is -3.00. The molecule has 0 aromatic carbocycles. The van der Waals surface area contributed by atoms with Crippen LogP contribution >= 0.6 is 0 Å². The molecular formula is C16H31ClNO2-. The molecule has 4 heteroatoms. The summed E-state index contributed by atoms with van der Waals surface area (Å²) in [4.78, 5) is 11.9. The van der Waals surface area contributed by atoms with E-state index in [-0.39, 0.29) is 35.6 Å². The van der Waals surface area contributed by atoms with Gasteiger partial charge in [-0.25, -0.2) is 0 Å². The van der Waals surface area contributed by atoms with Crippen molar-refractivity contribution >= 4 is 5.97 Å². The van der Waals surface area contributed by atoms with E-state index in [9.17, 15) is 4.79 Å². The summed E-state index contributed by atoms with van der Waals surface area (Å²) in [6, 6.07) is 0. The van der Waals surface area contributed by atoms with Crippen molar-refractivity contribution in [2.45, 2.75) is 96.7 Å². The number of nitrogens with one attached hydrogen (secondary N) is 1. The van der Waals surface area contributed by atoms with E-state index in [1.54, 1.807) is 0 Å². The number of rotatable bonds is 6. The Labute approximate surface area is 130 Å².